The summed E-state index contributed by atoms with van der Waals surface area (Å²) in [6.45, 7) is 21.4. The highest BCUT2D eigenvalue weighted by Crippen LogP contribution is 2.49. The summed E-state index contributed by atoms with van der Waals surface area (Å²) < 4.78 is 25.5. The van der Waals surface area contributed by atoms with Crippen molar-refractivity contribution in [1.29, 1.82) is 0 Å². The molecule has 2 fully saturated rings. The van der Waals surface area contributed by atoms with Crippen LogP contribution in [0, 0.1) is 0 Å². The van der Waals surface area contributed by atoms with Crippen molar-refractivity contribution < 1.29 is 18.6 Å². The summed E-state index contributed by atoms with van der Waals surface area (Å²) in [5, 5.41) is 0. The highest BCUT2D eigenvalue weighted by atomic mass is 16.7. The van der Waals surface area contributed by atoms with Gasteiger partial charge in [0.1, 0.15) is 0 Å². The summed E-state index contributed by atoms with van der Waals surface area (Å²) in [6, 6.07) is 41.7. The van der Waals surface area contributed by atoms with Crippen LogP contribution in [0.15, 0.2) is 115 Å². The van der Waals surface area contributed by atoms with Gasteiger partial charge in [-0.3, -0.25) is 0 Å². The third-order valence-electron chi connectivity index (χ3n) is 12.4. The largest absolute Gasteiger partial charge is 0.494 e. The zero-order chi connectivity index (χ0) is 36.8. The van der Waals surface area contributed by atoms with Gasteiger partial charge >= 0.3 is 14.2 Å². The molecular weight excluding hydrogens is 640 g/mol. The molecule has 0 radical (unpaired) electrons. The molecule has 8 rings (SSSR count). The molecule has 2 heterocycles. The molecule has 0 aromatic heterocycles. The maximum Gasteiger partial charge on any atom is 0.494 e. The number of hydrogen-bond donors (Lipinski definition) is 0. The molecule has 0 unspecified atom stereocenters. The fourth-order valence-electron chi connectivity index (χ4n) is 7.65. The van der Waals surface area contributed by atoms with E-state index >= 15 is 0 Å². The maximum atomic E-state index is 6.37. The summed E-state index contributed by atoms with van der Waals surface area (Å²) in [5.74, 6) is 0. The molecule has 52 heavy (non-hydrogen) atoms. The minimum Gasteiger partial charge on any atom is -0.399 e. The molecule has 264 valence electrons. The van der Waals surface area contributed by atoms with Crippen LogP contribution in [0.5, 0.6) is 0 Å². The quantitative estimate of drug-likeness (QED) is 0.166. The van der Waals surface area contributed by atoms with E-state index < -0.39 is 36.6 Å². The van der Waals surface area contributed by atoms with Crippen molar-refractivity contribution in [3.63, 3.8) is 0 Å². The number of benzene rings is 5. The number of rotatable bonds is 6. The van der Waals surface area contributed by atoms with Crippen LogP contribution in [-0.4, -0.2) is 36.6 Å². The highest BCUT2D eigenvalue weighted by molar-refractivity contribution is 6.62. The molecule has 0 atom stereocenters. The van der Waals surface area contributed by atoms with Crippen molar-refractivity contribution in [1.82, 2.24) is 0 Å². The van der Waals surface area contributed by atoms with E-state index in [2.05, 4.69) is 189 Å². The zero-order valence-corrected chi connectivity index (χ0v) is 32.2. The molecule has 2 saturated heterocycles. The van der Waals surface area contributed by atoms with Gasteiger partial charge in [0.2, 0.25) is 0 Å². The van der Waals surface area contributed by atoms with Crippen molar-refractivity contribution in [2.24, 2.45) is 0 Å². The van der Waals surface area contributed by atoms with Gasteiger partial charge < -0.3 is 23.5 Å². The normalized spacial score (nSPS) is 20.1. The Morgan fingerprint density at radius 1 is 0.404 bits per heavy atom. The summed E-state index contributed by atoms with van der Waals surface area (Å²) >= 11 is 0. The third kappa shape index (κ3) is 5.65. The van der Waals surface area contributed by atoms with Gasteiger partial charge in [-0.2, -0.15) is 0 Å². The van der Waals surface area contributed by atoms with Crippen molar-refractivity contribution >= 4 is 42.2 Å². The number of hydrogen-bond acceptors (Lipinski definition) is 5. The minimum atomic E-state index is -0.420. The van der Waals surface area contributed by atoms with E-state index in [1.54, 1.807) is 0 Å². The molecule has 2 aliphatic heterocycles. The fourth-order valence-corrected chi connectivity index (χ4v) is 7.65. The lowest BCUT2D eigenvalue weighted by Crippen LogP contribution is -2.41. The predicted molar refractivity (Wildman–Crippen MR) is 216 cm³/mol. The highest BCUT2D eigenvalue weighted by Gasteiger charge is 2.52. The van der Waals surface area contributed by atoms with E-state index in [-0.39, 0.29) is 5.41 Å². The van der Waals surface area contributed by atoms with E-state index in [4.69, 9.17) is 18.6 Å². The average molecular weight is 690 g/mol. The van der Waals surface area contributed by atoms with E-state index in [1.165, 1.54) is 33.4 Å². The maximum absolute atomic E-state index is 6.37. The van der Waals surface area contributed by atoms with Gasteiger partial charge in [0.15, 0.2) is 0 Å². The lowest BCUT2D eigenvalue weighted by Gasteiger charge is -2.32. The smallest absolute Gasteiger partial charge is 0.399 e. The van der Waals surface area contributed by atoms with Crippen LogP contribution in [0.3, 0.4) is 0 Å². The van der Waals surface area contributed by atoms with Crippen LogP contribution in [0.1, 0.15) is 80.4 Å². The molecule has 7 heteroatoms. The Kier molecular flexibility index (Phi) is 8.02. The van der Waals surface area contributed by atoms with Gasteiger partial charge in [0.05, 0.1) is 22.4 Å². The minimum absolute atomic E-state index is 0.0445. The summed E-state index contributed by atoms with van der Waals surface area (Å²) in [6.07, 6.45) is 0. The standard InChI is InChI=1S/C45H49B2NO4/c1-41(2)39-14-12-11-13-37(39)38-28-17-31(29-40(38)41)30-15-22-34(23-16-30)48(35-24-18-32(19-25-35)46-49-42(3,4)43(5,6)50-46)36-26-20-33(21-27-36)47-51-44(7,8)45(9,10)52-47/h11-29H,1-10H3. The second-order valence-corrected chi connectivity index (χ2v) is 17.2. The van der Waals surface area contributed by atoms with Crippen LogP contribution in [0.4, 0.5) is 17.1 Å². The molecule has 5 nitrogen and oxygen atoms in total. The molecule has 0 amide bonds. The van der Waals surface area contributed by atoms with E-state index in [9.17, 15) is 0 Å². The lowest BCUT2D eigenvalue weighted by atomic mass is 9.79. The molecule has 1 aliphatic carbocycles. The first kappa shape index (κ1) is 34.9. The number of nitrogens with zero attached hydrogens (tertiary/aromatic N) is 1. The Balaban J connectivity index is 1.13. The van der Waals surface area contributed by atoms with Gasteiger partial charge in [-0.1, -0.05) is 86.6 Å². The van der Waals surface area contributed by atoms with Gasteiger partial charge in [-0.15, -0.1) is 0 Å². The molecule has 0 N–H and O–H groups in total. The summed E-state index contributed by atoms with van der Waals surface area (Å²) in [5.41, 5.74) is 11.3. The zero-order valence-electron chi connectivity index (χ0n) is 32.2. The van der Waals surface area contributed by atoms with Gasteiger partial charge in [-0.25, -0.2) is 0 Å². The van der Waals surface area contributed by atoms with Crippen molar-refractivity contribution in [2.45, 2.75) is 97.1 Å². The first-order valence-corrected chi connectivity index (χ1v) is 18.5. The van der Waals surface area contributed by atoms with Gasteiger partial charge in [0.25, 0.3) is 0 Å². The molecule has 5 aromatic rings. The van der Waals surface area contributed by atoms with Crippen molar-refractivity contribution in [3.05, 3.63) is 126 Å². The summed E-state index contributed by atoms with van der Waals surface area (Å²) in [4.78, 5) is 2.29. The summed E-state index contributed by atoms with van der Waals surface area (Å²) in [7, 11) is -0.841. The van der Waals surface area contributed by atoms with E-state index in [0.717, 1.165) is 28.0 Å². The fraction of sp³-hybridized carbons (Fsp3) is 0.333. The van der Waals surface area contributed by atoms with Crippen LogP contribution in [0.25, 0.3) is 22.3 Å². The number of fused-ring (bicyclic) bond motifs is 3. The molecule has 0 saturated carbocycles. The monoisotopic (exact) mass is 689 g/mol. The Hall–Kier alpha value is -4.13. The van der Waals surface area contributed by atoms with Crippen LogP contribution < -0.4 is 15.8 Å². The van der Waals surface area contributed by atoms with Crippen molar-refractivity contribution in [2.75, 3.05) is 4.90 Å². The van der Waals surface area contributed by atoms with Crippen molar-refractivity contribution in [3.8, 4) is 22.3 Å². The van der Waals surface area contributed by atoms with Crippen LogP contribution >= 0.6 is 0 Å². The first-order valence-electron chi connectivity index (χ1n) is 18.5. The van der Waals surface area contributed by atoms with E-state index in [0.29, 0.717) is 0 Å². The first-order chi connectivity index (χ1) is 24.5. The van der Waals surface area contributed by atoms with Gasteiger partial charge in [0, 0.05) is 22.5 Å². The van der Waals surface area contributed by atoms with E-state index in [1.807, 2.05) is 0 Å². The Morgan fingerprint density at radius 2 is 0.788 bits per heavy atom. The second kappa shape index (κ2) is 11.9. The Labute approximate surface area is 310 Å². The second-order valence-electron chi connectivity index (χ2n) is 17.2. The molecule has 3 aliphatic rings. The molecule has 0 bridgehead atoms. The lowest BCUT2D eigenvalue weighted by molar-refractivity contribution is 0.00578. The third-order valence-corrected chi connectivity index (χ3v) is 12.4. The van der Waals surface area contributed by atoms with Gasteiger partial charge in [-0.05, 0) is 142 Å². The topological polar surface area (TPSA) is 40.2 Å². The average Bonchev–Trinajstić information content (AvgIpc) is 3.58. The van der Waals surface area contributed by atoms with Crippen LogP contribution in [0.2, 0.25) is 0 Å². The Bertz CT molecular complexity index is 2020. The Morgan fingerprint density at radius 3 is 1.25 bits per heavy atom. The molecular formula is C45H49B2NO4. The SMILES string of the molecule is CC1(C)c2ccccc2-c2ccc(-c3ccc(N(c4ccc(B5OC(C)(C)C(C)(C)O5)cc4)c4ccc(B5OC(C)(C)C(C)(C)O5)cc4)cc3)cc21. The molecule has 5 aromatic carbocycles. The number of anilines is 3. The molecule has 0 spiro atoms. The van der Waals surface area contributed by atoms with Crippen LogP contribution in [-0.2, 0) is 24.0 Å². The predicted octanol–water partition coefficient (Wildman–Crippen LogP) is 9.73.